The number of ether oxygens (including phenoxy) is 3. The SMILES string of the molecule is c1ccc2c(c1)OCCC2NCc1csc(-c2ccc3c(c2)OCO3)n1. The molecule has 0 saturated heterocycles. The van der Waals surface area contributed by atoms with Crippen molar-refractivity contribution in [2.45, 2.75) is 19.0 Å². The average molecular weight is 366 g/mol. The normalized spacial score (nSPS) is 17.6. The van der Waals surface area contributed by atoms with Gasteiger partial charge in [0, 0.05) is 35.5 Å². The van der Waals surface area contributed by atoms with Crippen molar-refractivity contribution in [3.8, 4) is 27.8 Å². The van der Waals surface area contributed by atoms with E-state index < -0.39 is 0 Å². The minimum atomic E-state index is 0.290. The third kappa shape index (κ3) is 2.91. The van der Waals surface area contributed by atoms with Gasteiger partial charge in [-0.3, -0.25) is 0 Å². The van der Waals surface area contributed by atoms with Gasteiger partial charge in [-0.25, -0.2) is 4.98 Å². The van der Waals surface area contributed by atoms with E-state index in [9.17, 15) is 0 Å². The number of para-hydroxylation sites is 1. The van der Waals surface area contributed by atoms with Crippen LogP contribution in [0.15, 0.2) is 47.8 Å². The number of fused-ring (bicyclic) bond motifs is 2. The summed E-state index contributed by atoms with van der Waals surface area (Å²) in [6, 6.07) is 14.5. The van der Waals surface area contributed by atoms with Crippen LogP contribution < -0.4 is 19.5 Å². The van der Waals surface area contributed by atoms with Crippen LogP contribution >= 0.6 is 11.3 Å². The van der Waals surface area contributed by atoms with Crippen LogP contribution in [0.3, 0.4) is 0 Å². The number of nitrogens with one attached hydrogen (secondary N) is 1. The highest BCUT2D eigenvalue weighted by molar-refractivity contribution is 7.13. The van der Waals surface area contributed by atoms with Crippen molar-refractivity contribution in [1.82, 2.24) is 10.3 Å². The molecule has 2 aliphatic heterocycles. The maximum atomic E-state index is 5.73. The molecule has 2 aliphatic rings. The molecule has 5 rings (SSSR count). The van der Waals surface area contributed by atoms with Gasteiger partial charge in [-0.1, -0.05) is 18.2 Å². The molecule has 0 amide bonds. The summed E-state index contributed by atoms with van der Waals surface area (Å²) in [4.78, 5) is 4.77. The third-order valence-corrected chi connectivity index (χ3v) is 5.60. The van der Waals surface area contributed by atoms with E-state index in [1.165, 1.54) is 5.56 Å². The molecular formula is C20H18N2O3S. The van der Waals surface area contributed by atoms with Gasteiger partial charge in [0.2, 0.25) is 6.79 Å². The van der Waals surface area contributed by atoms with Gasteiger partial charge in [-0.2, -0.15) is 0 Å². The zero-order valence-corrected chi connectivity index (χ0v) is 14.9. The van der Waals surface area contributed by atoms with E-state index in [1.807, 2.05) is 30.3 Å². The van der Waals surface area contributed by atoms with Crippen molar-refractivity contribution < 1.29 is 14.2 Å². The van der Waals surface area contributed by atoms with Crippen molar-refractivity contribution in [3.63, 3.8) is 0 Å². The topological polar surface area (TPSA) is 52.6 Å². The lowest BCUT2D eigenvalue weighted by Crippen LogP contribution is -2.26. The summed E-state index contributed by atoms with van der Waals surface area (Å²) in [6.07, 6.45) is 0.968. The summed E-state index contributed by atoms with van der Waals surface area (Å²) in [7, 11) is 0. The number of hydrogen-bond acceptors (Lipinski definition) is 6. The molecule has 0 saturated carbocycles. The molecule has 3 heterocycles. The average Bonchev–Trinajstić information content (AvgIpc) is 3.35. The quantitative estimate of drug-likeness (QED) is 0.752. The van der Waals surface area contributed by atoms with Gasteiger partial charge in [0.25, 0.3) is 0 Å². The molecule has 0 aliphatic carbocycles. The maximum absolute atomic E-state index is 5.73. The number of aromatic nitrogens is 1. The maximum Gasteiger partial charge on any atom is 0.231 e. The van der Waals surface area contributed by atoms with Gasteiger partial charge in [0.05, 0.1) is 12.3 Å². The molecular weight excluding hydrogens is 348 g/mol. The Kier molecular flexibility index (Phi) is 3.99. The predicted molar refractivity (Wildman–Crippen MR) is 99.8 cm³/mol. The fourth-order valence-electron chi connectivity index (χ4n) is 3.33. The lowest BCUT2D eigenvalue weighted by molar-refractivity contribution is 0.174. The van der Waals surface area contributed by atoms with Crippen molar-refractivity contribution in [1.29, 1.82) is 0 Å². The Morgan fingerprint density at radius 2 is 1.96 bits per heavy atom. The summed E-state index contributed by atoms with van der Waals surface area (Å²) in [6.45, 7) is 1.77. The zero-order chi connectivity index (χ0) is 17.3. The molecule has 0 radical (unpaired) electrons. The molecule has 1 aromatic heterocycles. The largest absolute Gasteiger partial charge is 0.493 e. The van der Waals surface area contributed by atoms with E-state index in [1.54, 1.807) is 11.3 Å². The first-order valence-electron chi connectivity index (χ1n) is 8.66. The number of rotatable bonds is 4. The van der Waals surface area contributed by atoms with E-state index in [4.69, 9.17) is 19.2 Å². The number of thiazole rings is 1. The Morgan fingerprint density at radius 3 is 2.96 bits per heavy atom. The van der Waals surface area contributed by atoms with Crippen LogP contribution in [0.1, 0.15) is 23.7 Å². The Labute approximate surface area is 155 Å². The highest BCUT2D eigenvalue weighted by Crippen LogP contribution is 2.37. The minimum Gasteiger partial charge on any atom is -0.493 e. The Balaban J connectivity index is 1.30. The predicted octanol–water partition coefficient (Wildman–Crippen LogP) is 4.15. The van der Waals surface area contributed by atoms with Gasteiger partial charge in [0.1, 0.15) is 10.8 Å². The zero-order valence-electron chi connectivity index (χ0n) is 14.1. The molecule has 1 atom stereocenters. The molecule has 1 unspecified atom stereocenters. The van der Waals surface area contributed by atoms with Gasteiger partial charge in [-0.05, 0) is 24.3 Å². The van der Waals surface area contributed by atoms with Gasteiger partial charge in [0.15, 0.2) is 11.5 Å². The molecule has 3 aromatic rings. The summed E-state index contributed by atoms with van der Waals surface area (Å²) >= 11 is 1.65. The monoisotopic (exact) mass is 366 g/mol. The molecule has 1 N–H and O–H groups in total. The van der Waals surface area contributed by atoms with Gasteiger partial charge in [-0.15, -0.1) is 11.3 Å². The molecule has 2 aromatic carbocycles. The molecule has 5 nitrogen and oxygen atoms in total. The van der Waals surface area contributed by atoms with Crippen LogP contribution in [0.2, 0.25) is 0 Å². The fraction of sp³-hybridized carbons (Fsp3) is 0.250. The molecule has 0 fully saturated rings. The Morgan fingerprint density at radius 1 is 1.04 bits per heavy atom. The van der Waals surface area contributed by atoms with E-state index in [0.29, 0.717) is 12.8 Å². The molecule has 26 heavy (non-hydrogen) atoms. The highest BCUT2D eigenvalue weighted by atomic mass is 32.1. The molecule has 132 valence electrons. The van der Waals surface area contributed by atoms with Crippen LogP contribution in [-0.2, 0) is 6.54 Å². The molecule has 0 spiro atoms. The van der Waals surface area contributed by atoms with Crippen molar-refractivity contribution in [2.24, 2.45) is 0 Å². The highest BCUT2D eigenvalue weighted by Gasteiger charge is 2.21. The number of benzene rings is 2. The van der Waals surface area contributed by atoms with Gasteiger partial charge >= 0.3 is 0 Å². The van der Waals surface area contributed by atoms with Crippen LogP contribution in [0.4, 0.5) is 0 Å². The van der Waals surface area contributed by atoms with Crippen molar-refractivity contribution in [3.05, 3.63) is 59.1 Å². The van der Waals surface area contributed by atoms with Crippen LogP contribution in [0.5, 0.6) is 17.2 Å². The van der Waals surface area contributed by atoms with E-state index >= 15 is 0 Å². The first-order valence-corrected chi connectivity index (χ1v) is 9.54. The first-order chi connectivity index (χ1) is 12.9. The molecule has 0 bridgehead atoms. The van der Waals surface area contributed by atoms with Crippen LogP contribution in [0.25, 0.3) is 10.6 Å². The summed E-state index contributed by atoms with van der Waals surface area (Å²) in [5.74, 6) is 2.57. The standard InChI is InChI=1S/C20H18N2O3S/c1-2-4-17-15(3-1)16(7-8-23-17)21-10-14-11-26-20(22-14)13-5-6-18-19(9-13)25-12-24-18/h1-6,9,11,16,21H,7-8,10,12H2. The second-order valence-electron chi connectivity index (χ2n) is 6.32. The summed E-state index contributed by atoms with van der Waals surface area (Å²) in [5, 5.41) is 6.72. The smallest absolute Gasteiger partial charge is 0.231 e. The van der Waals surface area contributed by atoms with Crippen molar-refractivity contribution >= 4 is 11.3 Å². The molecule has 6 heteroatoms. The summed E-state index contributed by atoms with van der Waals surface area (Å²) in [5.41, 5.74) is 3.33. The van der Waals surface area contributed by atoms with E-state index in [2.05, 4.69) is 22.8 Å². The number of nitrogens with zero attached hydrogens (tertiary/aromatic N) is 1. The Hall–Kier alpha value is -2.57. The van der Waals surface area contributed by atoms with Crippen molar-refractivity contribution in [2.75, 3.05) is 13.4 Å². The first kappa shape index (κ1) is 15.7. The van der Waals surface area contributed by atoms with Crippen LogP contribution in [0, 0.1) is 0 Å². The second kappa shape index (κ2) is 6.63. The van der Waals surface area contributed by atoms with E-state index in [-0.39, 0.29) is 0 Å². The second-order valence-corrected chi connectivity index (χ2v) is 7.18. The lowest BCUT2D eigenvalue weighted by atomic mass is 10.0. The van der Waals surface area contributed by atoms with E-state index in [0.717, 1.165) is 53.1 Å². The fourth-order valence-corrected chi connectivity index (χ4v) is 4.15. The third-order valence-electron chi connectivity index (χ3n) is 4.66. The minimum absolute atomic E-state index is 0.290. The lowest BCUT2D eigenvalue weighted by Gasteiger charge is -2.26. The van der Waals surface area contributed by atoms with Crippen LogP contribution in [-0.4, -0.2) is 18.4 Å². The van der Waals surface area contributed by atoms with Gasteiger partial charge < -0.3 is 19.5 Å². The number of hydrogen-bond donors (Lipinski definition) is 1. The summed E-state index contributed by atoms with van der Waals surface area (Å²) < 4.78 is 16.6. The Bertz CT molecular complexity index is 940.